The maximum atomic E-state index is 5.54. The molecule has 1 aliphatic carbocycles. The van der Waals surface area contributed by atoms with E-state index in [1.165, 1.54) is 77.5 Å². The van der Waals surface area contributed by atoms with Gasteiger partial charge in [0.25, 0.3) is 0 Å². The summed E-state index contributed by atoms with van der Waals surface area (Å²) in [6.07, 6.45) is 11.4. The van der Waals surface area contributed by atoms with Gasteiger partial charge in [-0.05, 0) is 132 Å². The van der Waals surface area contributed by atoms with Crippen LogP contribution in [0.25, 0.3) is 0 Å². The Morgan fingerprint density at radius 3 is 1.38 bits per heavy atom. The molecule has 4 atom stereocenters. The van der Waals surface area contributed by atoms with Crippen LogP contribution in [0, 0.1) is 11.8 Å². The zero-order valence-corrected chi connectivity index (χ0v) is 24.5. The first kappa shape index (κ1) is 28.4. The first-order valence-corrected chi connectivity index (χ1v) is 14.6. The number of fused-ring (bicyclic) bond motifs is 4. The minimum absolute atomic E-state index is 0.329. The molecule has 0 amide bonds. The summed E-state index contributed by atoms with van der Waals surface area (Å²) in [4.78, 5) is 7.91. The summed E-state index contributed by atoms with van der Waals surface area (Å²) < 4.78 is 5.54. The number of rotatable bonds is 0. The van der Waals surface area contributed by atoms with Gasteiger partial charge in [0, 0.05) is 41.8 Å². The quantitative estimate of drug-likeness (QED) is 0.400. The van der Waals surface area contributed by atoms with Crippen LogP contribution in [0.3, 0.4) is 0 Å². The summed E-state index contributed by atoms with van der Waals surface area (Å²) in [5.41, 5.74) is 1.14. The molecule has 34 heavy (non-hydrogen) atoms. The topological polar surface area (TPSA) is 19.0 Å². The van der Waals surface area contributed by atoms with E-state index in [2.05, 4.69) is 77.0 Å². The Bertz CT molecular complexity index is 580. The second-order valence-electron chi connectivity index (χ2n) is 14.8. The molecule has 5 rings (SSSR count). The largest absolute Gasteiger partial charge is 0.378 e. The SMILES string of the molecule is CC(C)(C)N1C2CCC1COC2.CC(C)(C)N1CC2CCC(C2)C1.CC(C)(C)N1CCCCC1. The molecule has 5 fully saturated rings. The number of piperidine rings is 2. The third kappa shape index (κ3) is 7.92. The van der Waals surface area contributed by atoms with E-state index in [1.807, 2.05) is 0 Å². The maximum absolute atomic E-state index is 5.54. The monoisotopic (exact) mass is 477 g/mol. The highest BCUT2D eigenvalue weighted by Crippen LogP contribution is 2.38. The van der Waals surface area contributed by atoms with Gasteiger partial charge in [0.15, 0.2) is 0 Å². The van der Waals surface area contributed by atoms with Crippen LogP contribution in [0.1, 0.15) is 114 Å². The van der Waals surface area contributed by atoms with Crippen molar-refractivity contribution in [1.82, 2.24) is 14.7 Å². The second kappa shape index (κ2) is 11.5. The molecule has 4 heteroatoms. The number of nitrogens with zero attached hydrogens (tertiary/aromatic N) is 3. The molecule has 0 aromatic rings. The van der Waals surface area contributed by atoms with Crippen molar-refractivity contribution >= 4 is 0 Å². The average molecular weight is 478 g/mol. The van der Waals surface area contributed by atoms with Crippen LogP contribution in [0.15, 0.2) is 0 Å². The first-order chi connectivity index (χ1) is 15.7. The normalized spacial score (nSPS) is 33.1. The van der Waals surface area contributed by atoms with E-state index < -0.39 is 0 Å². The van der Waals surface area contributed by atoms with Gasteiger partial charge >= 0.3 is 0 Å². The predicted octanol–water partition coefficient (Wildman–Crippen LogP) is 6.44. The lowest BCUT2D eigenvalue weighted by atomic mass is 9.94. The average Bonchev–Trinajstić information content (AvgIpc) is 3.23. The van der Waals surface area contributed by atoms with E-state index in [9.17, 15) is 0 Å². The molecule has 0 radical (unpaired) electrons. The van der Waals surface area contributed by atoms with Gasteiger partial charge in [-0.15, -0.1) is 0 Å². The van der Waals surface area contributed by atoms with Crippen molar-refractivity contribution in [3.05, 3.63) is 0 Å². The van der Waals surface area contributed by atoms with Crippen LogP contribution >= 0.6 is 0 Å². The smallest absolute Gasteiger partial charge is 0.0622 e. The first-order valence-electron chi connectivity index (χ1n) is 14.6. The predicted molar refractivity (Wildman–Crippen MR) is 147 cm³/mol. The third-order valence-electron chi connectivity index (χ3n) is 8.88. The van der Waals surface area contributed by atoms with Gasteiger partial charge in [0.2, 0.25) is 0 Å². The van der Waals surface area contributed by atoms with Crippen molar-refractivity contribution in [1.29, 1.82) is 0 Å². The van der Waals surface area contributed by atoms with Crippen molar-refractivity contribution in [3.8, 4) is 0 Å². The van der Waals surface area contributed by atoms with E-state index in [0.717, 1.165) is 25.0 Å². The Morgan fingerprint density at radius 2 is 1.03 bits per heavy atom. The molecule has 0 spiro atoms. The van der Waals surface area contributed by atoms with Crippen LogP contribution in [0.4, 0.5) is 0 Å². The molecule has 4 bridgehead atoms. The van der Waals surface area contributed by atoms with Gasteiger partial charge in [-0.3, -0.25) is 14.7 Å². The molecular weight excluding hydrogens is 418 g/mol. The Morgan fingerprint density at radius 1 is 0.559 bits per heavy atom. The highest BCUT2D eigenvalue weighted by molar-refractivity contribution is 4.97. The number of likely N-dealkylation sites (tertiary alicyclic amines) is 2. The van der Waals surface area contributed by atoms with Gasteiger partial charge in [-0.2, -0.15) is 0 Å². The van der Waals surface area contributed by atoms with Gasteiger partial charge in [0.05, 0.1) is 13.2 Å². The number of hydrogen-bond donors (Lipinski definition) is 0. The summed E-state index contributed by atoms with van der Waals surface area (Å²) in [6.45, 7) is 28.1. The molecule has 4 unspecified atom stereocenters. The molecule has 4 aliphatic heterocycles. The highest BCUT2D eigenvalue weighted by atomic mass is 16.5. The van der Waals surface area contributed by atoms with Gasteiger partial charge < -0.3 is 4.74 Å². The standard InChI is InChI=1S/C11H21N.C10H19NO.C9H19N/c1-11(2,3)12-7-9-4-5-10(6-9)8-12;1-10(2,3)11-8-4-5-9(11)7-12-6-8;1-9(2,3)10-7-5-4-6-8-10/h9-10H,4-8H2,1-3H3;8-9H,4-7H2,1-3H3;4-8H2,1-3H3. The summed E-state index contributed by atoms with van der Waals surface area (Å²) in [6, 6.07) is 1.40. The fourth-order valence-electron chi connectivity index (χ4n) is 7.04. The Balaban J connectivity index is 0.000000144. The molecule has 4 heterocycles. The Hall–Kier alpha value is -0.160. The molecule has 5 aliphatic rings. The lowest BCUT2D eigenvalue weighted by Gasteiger charge is -2.44. The minimum Gasteiger partial charge on any atom is -0.378 e. The van der Waals surface area contributed by atoms with E-state index in [1.54, 1.807) is 0 Å². The molecule has 0 N–H and O–H groups in total. The summed E-state index contributed by atoms with van der Waals surface area (Å²) >= 11 is 0. The fraction of sp³-hybridized carbons (Fsp3) is 1.00. The van der Waals surface area contributed by atoms with Crippen LogP contribution in [-0.2, 0) is 4.74 Å². The van der Waals surface area contributed by atoms with Crippen molar-refractivity contribution in [2.24, 2.45) is 11.8 Å². The third-order valence-corrected chi connectivity index (χ3v) is 8.88. The molecule has 200 valence electrons. The zero-order chi connectivity index (χ0) is 25.1. The summed E-state index contributed by atoms with van der Waals surface area (Å²) in [7, 11) is 0. The summed E-state index contributed by atoms with van der Waals surface area (Å²) in [5, 5.41) is 0. The number of hydrogen-bond acceptors (Lipinski definition) is 4. The van der Waals surface area contributed by atoms with Crippen molar-refractivity contribution in [2.75, 3.05) is 39.4 Å². The lowest BCUT2D eigenvalue weighted by molar-refractivity contribution is -0.0565. The minimum atomic E-state index is 0.329. The second-order valence-corrected chi connectivity index (χ2v) is 14.8. The lowest BCUT2D eigenvalue weighted by Crippen LogP contribution is -2.54. The van der Waals surface area contributed by atoms with E-state index in [0.29, 0.717) is 28.7 Å². The molecule has 4 saturated heterocycles. The molecular formula is C30H59N3O. The number of morpholine rings is 1. The Labute approximate surface area is 213 Å². The van der Waals surface area contributed by atoms with Crippen LogP contribution < -0.4 is 0 Å². The van der Waals surface area contributed by atoms with Gasteiger partial charge in [-0.25, -0.2) is 0 Å². The highest BCUT2D eigenvalue weighted by Gasteiger charge is 2.42. The van der Waals surface area contributed by atoms with Crippen molar-refractivity contribution < 1.29 is 4.74 Å². The zero-order valence-electron chi connectivity index (χ0n) is 24.5. The molecule has 4 nitrogen and oxygen atoms in total. The fourth-order valence-corrected chi connectivity index (χ4v) is 7.04. The van der Waals surface area contributed by atoms with Crippen LogP contribution in [0.5, 0.6) is 0 Å². The molecule has 0 aromatic carbocycles. The van der Waals surface area contributed by atoms with Crippen molar-refractivity contribution in [3.63, 3.8) is 0 Å². The van der Waals surface area contributed by atoms with Gasteiger partial charge in [-0.1, -0.05) is 6.42 Å². The molecule has 0 aromatic heterocycles. The van der Waals surface area contributed by atoms with Crippen LogP contribution in [0.2, 0.25) is 0 Å². The number of ether oxygens (including phenoxy) is 1. The maximum Gasteiger partial charge on any atom is 0.0622 e. The van der Waals surface area contributed by atoms with Crippen molar-refractivity contribution in [2.45, 2.75) is 142 Å². The van der Waals surface area contributed by atoms with E-state index in [-0.39, 0.29) is 0 Å². The van der Waals surface area contributed by atoms with Gasteiger partial charge in [0.1, 0.15) is 0 Å². The van der Waals surface area contributed by atoms with Crippen LogP contribution in [-0.4, -0.2) is 82.8 Å². The molecule has 1 saturated carbocycles. The van der Waals surface area contributed by atoms with E-state index >= 15 is 0 Å². The Kier molecular flexibility index (Phi) is 9.60. The van der Waals surface area contributed by atoms with E-state index in [4.69, 9.17) is 4.74 Å². The summed E-state index contributed by atoms with van der Waals surface area (Å²) in [5.74, 6) is 2.06.